The van der Waals surface area contributed by atoms with Gasteiger partial charge in [0.2, 0.25) is 6.08 Å². The zero-order chi connectivity index (χ0) is 7.82. The lowest BCUT2D eigenvalue weighted by molar-refractivity contribution is 0.315. The van der Waals surface area contributed by atoms with Crippen LogP contribution in [0.25, 0.3) is 0 Å². The third-order valence-electron chi connectivity index (χ3n) is 1.22. The summed E-state index contributed by atoms with van der Waals surface area (Å²) >= 11 is 0. The number of isocyanates is 1. The molecule has 0 aromatic carbocycles. The third-order valence-corrected chi connectivity index (χ3v) is 1.22. The molecule has 0 aliphatic carbocycles. The Kier molecular flexibility index (Phi) is 5.99. The van der Waals surface area contributed by atoms with E-state index >= 15 is 0 Å². The van der Waals surface area contributed by atoms with E-state index in [0.717, 1.165) is 12.8 Å². The Morgan fingerprint density at radius 1 is 1.70 bits per heavy atom. The predicted octanol–water partition coefficient (Wildman–Crippen LogP) is 1.85. The Balaban J connectivity index is 3.24. The lowest BCUT2D eigenvalue weighted by Gasteiger charge is -2.00. The van der Waals surface area contributed by atoms with Gasteiger partial charge in [-0.05, 0) is 6.42 Å². The number of unbranched alkanes of at least 4 members (excludes halogenated alkanes) is 1. The first-order valence-electron chi connectivity index (χ1n) is 3.49. The predicted molar refractivity (Wildman–Crippen MR) is 37.4 cm³/mol. The van der Waals surface area contributed by atoms with Crippen LogP contribution in [0.2, 0.25) is 0 Å². The number of nitrogens with zero attached hydrogens (tertiary/aromatic N) is 1. The van der Waals surface area contributed by atoms with Gasteiger partial charge in [-0.2, -0.15) is 0 Å². The van der Waals surface area contributed by atoms with Gasteiger partial charge in [-0.3, -0.25) is 0 Å². The smallest absolute Gasteiger partial charge is 0.235 e. The van der Waals surface area contributed by atoms with Crippen molar-refractivity contribution in [1.82, 2.24) is 0 Å². The molecule has 0 saturated carbocycles. The molecule has 58 valence electrons. The summed E-state index contributed by atoms with van der Waals surface area (Å²) in [6.45, 7) is 1.97. The molecule has 0 saturated heterocycles. The van der Waals surface area contributed by atoms with Crippen LogP contribution in [-0.2, 0) is 4.79 Å². The van der Waals surface area contributed by atoms with Crippen LogP contribution in [0.15, 0.2) is 4.99 Å². The fourth-order valence-corrected chi connectivity index (χ4v) is 0.653. The molecule has 0 fully saturated rings. The SMILES string of the molecule is CCCCC(F)CN=C=O. The topological polar surface area (TPSA) is 29.4 Å². The van der Waals surface area contributed by atoms with Crippen LogP contribution in [0, 0.1) is 0 Å². The molecule has 0 aromatic heterocycles. The van der Waals surface area contributed by atoms with Gasteiger partial charge in [-0.25, -0.2) is 14.2 Å². The summed E-state index contributed by atoms with van der Waals surface area (Å²) in [6.07, 6.45) is 2.69. The van der Waals surface area contributed by atoms with Crippen molar-refractivity contribution in [2.24, 2.45) is 4.99 Å². The maximum atomic E-state index is 12.5. The highest BCUT2D eigenvalue weighted by molar-refractivity contribution is 5.32. The molecule has 2 nitrogen and oxygen atoms in total. The second-order valence-corrected chi connectivity index (χ2v) is 2.17. The van der Waals surface area contributed by atoms with Crippen LogP contribution in [0.4, 0.5) is 4.39 Å². The number of halogens is 1. The van der Waals surface area contributed by atoms with E-state index in [-0.39, 0.29) is 6.54 Å². The Hall–Kier alpha value is -0.690. The van der Waals surface area contributed by atoms with Gasteiger partial charge in [-0.1, -0.05) is 19.8 Å². The normalized spacial score (nSPS) is 12.2. The summed E-state index contributed by atoms with van der Waals surface area (Å²) in [7, 11) is 0. The Morgan fingerprint density at radius 2 is 2.40 bits per heavy atom. The summed E-state index contributed by atoms with van der Waals surface area (Å²) in [5.41, 5.74) is 0. The van der Waals surface area contributed by atoms with Crippen LogP contribution in [0.5, 0.6) is 0 Å². The van der Waals surface area contributed by atoms with Crippen molar-refractivity contribution in [3.63, 3.8) is 0 Å². The van der Waals surface area contributed by atoms with Gasteiger partial charge in [0, 0.05) is 0 Å². The Labute approximate surface area is 60.2 Å². The molecule has 3 heteroatoms. The van der Waals surface area contributed by atoms with Crippen molar-refractivity contribution in [1.29, 1.82) is 0 Å². The molecule has 0 aliphatic rings. The van der Waals surface area contributed by atoms with Gasteiger partial charge < -0.3 is 0 Å². The number of aliphatic imine (C=N–C) groups is 1. The number of rotatable bonds is 5. The summed E-state index contributed by atoms with van der Waals surface area (Å²) in [6, 6.07) is 0. The number of hydrogen-bond donors (Lipinski definition) is 0. The van der Waals surface area contributed by atoms with Crippen LogP contribution in [0.1, 0.15) is 26.2 Å². The molecular weight excluding hydrogens is 133 g/mol. The number of carbonyl (C=O) groups excluding carboxylic acids is 1. The lowest BCUT2D eigenvalue weighted by Crippen LogP contribution is -2.03. The average Bonchev–Trinajstić information content (AvgIpc) is 1.97. The highest BCUT2D eigenvalue weighted by Crippen LogP contribution is 2.03. The largest absolute Gasteiger partial charge is 0.245 e. The maximum absolute atomic E-state index is 12.5. The van der Waals surface area contributed by atoms with E-state index in [1.54, 1.807) is 0 Å². The number of alkyl halides is 1. The molecule has 0 aliphatic heterocycles. The zero-order valence-corrected chi connectivity index (χ0v) is 6.14. The minimum atomic E-state index is -0.957. The second kappa shape index (κ2) is 6.43. The molecule has 0 rings (SSSR count). The molecular formula is C7H12FNO. The first kappa shape index (κ1) is 9.31. The highest BCUT2D eigenvalue weighted by Gasteiger charge is 2.02. The van der Waals surface area contributed by atoms with Gasteiger partial charge in [-0.15, -0.1) is 0 Å². The molecule has 10 heavy (non-hydrogen) atoms. The van der Waals surface area contributed by atoms with Gasteiger partial charge in [0.1, 0.15) is 6.17 Å². The molecule has 1 unspecified atom stereocenters. The van der Waals surface area contributed by atoms with E-state index in [2.05, 4.69) is 4.99 Å². The summed E-state index contributed by atoms with van der Waals surface area (Å²) in [5, 5.41) is 0. The van der Waals surface area contributed by atoms with Crippen molar-refractivity contribution < 1.29 is 9.18 Å². The van der Waals surface area contributed by atoms with Crippen LogP contribution in [-0.4, -0.2) is 18.8 Å². The summed E-state index contributed by atoms with van der Waals surface area (Å²) in [5.74, 6) is 0. The quantitative estimate of drug-likeness (QED) is 0.429. The van der Waals surface area contributed by atoms with Crippen molar-refractivity contribution in [3.8, 4) is 0 Å². The fourth-order valence-electron chi connectivity index (χ4n) is 0.653. The summed E-state index contributed by atoms with van der Waals surface area (Å²) in [4.78, 5) is 12.7. The third kappa shape index (κ3) is 5.45. The fraction of sp³-hybridized carbons (Fsp3) is 0.857. The van der Waals surface area contributed by atoms with E-state index in [4.69, 9.17) is 0 Å². The molecule has 0 radical (unpaired) electrons. The van der Waals surface area contributed by atoms with Crippen LogP contribution < -0.4 is 0 Å². The van der Waals surface area contributed by atoms with E-state index < -0.39 is 6.17 Å². The number of hydrogen-bond acceptors (Lipinski definition) is 2. The van der Waals surface area contributed by atoms with E-state index in [1.165, 1.54) is 6.08 Å². The highest BCUT2D eigenvalue weighted by atomic mass is 19.1. The van der Waals surface area contributed by atoms with E-state index in [9.17, 15) is 9.18 Å². The first-order chi connectivity index (χ1) is 4.81. The van der Waals surface area contributed by atoms with Gasteiger partial charge >= 0.3 is 0 Å². The molecule has 0 bridgehead atoms. The van der Waals surface area contributed by atoms with Crippen LogP contribution >= 0.6 is 0 Å². The van der Waals surface area contributed by atoms with E-state index in [1.807, 2.05) is 6.92 Å². The Bertz CT molecular complexity index is 121. The minimum Gasteiger partial charge on any atom is -0.245 e. The lowest BCUT2D eigenvalue weighted by atomic mass is 10.2. The molecule has 0 aromatic rings. The standard InChI is InChI=1S/C7H12FNO/c1-2-3-4-7(8)5-9-6-10/h7H,2-5H2,1H3. The van der Waals surface area contributed by atoms with Crippen molar-refractivity contribution in [2.45, 2.75) is 32.4 Å². The van der Waals surface area contributed by atoms with Crippen molar-refractivity contribution in [3.05, 3.63) is 0 Å². The van der Waals surface area contributed by atoms with Crippen molar-refractivity contribution in [2.75, 3.05) is 6.54 Å². The zero-order valence-electron chi connectivity index (χ0n) is 6.14. The monoisotopic (exact) mass is 145 g/mol. The molecule has 0 heterocycles. The van der Waals surface area contributed by atoms with Gasteiger partial charge in [0.25, 0.3) is 0 Å². The van der Waals surface area contributed by atoms with Gasteiger partial charge in [0.15, 0.2) is 0 Å². The first-order valence-corrected chi connectivity index (χ1v) is 3.49. The maximum Gasteiger partial charge on any atom is 0.235 e. The Morgan fingerprint density at radius 3 is 2.90 bits per heavy atom. The summed E-state index contributed by atoms with van der Waals surface area (Å²) < 4.78 is 12.5. The second-order valence-electron chi connectivity index (χ2n) is 2.17. The molecule has 0 amide bonds. The van der Waals surface area contributed by atoms with Crippen molar-refractivity contribution >= 4 is 6.08 Å². The molecule has 0 N–H and O–H groups in total. The van der Waals surface area contributed by atoms with Crippen LogP contribution in [0.3, 0.4) is 0 Å². The molecule has 0 spiro atoms. The molecule has 1 atom stereocenters. The minimum absolute atomic E-state index is 0.0243. The van der Waals surface area contributed by atoms with E-state index in [0.29, 0.717) is 6.42 Å². The average molecular weight is 145 g/mol. The van der Waals surface area contributed by atoms with Gasteiger partial charge in [0.05, 0.1) is 6.54 Å².